The summed E-state index contributed by atoms with van der Waals surface area (Å²) in [5.74, 6) is 4.01. The minimum absolute atomic E-state index is 0.0412. The van der Waals surface area contributed by atoms with Gasteiger partial charge < -0.3 is 10.6 Å². The normalized spacial score (nSPS) is 36.8. The topological polar surface area (TPSA) is 59.0 Å². The molecule has 1 aromatic rings. The standard InChI is InChI=1S/C22H32N4O/c27-21(24-22-11-14-7-15(12-22)9-16(8-14)13-22)23-5-6-26-20(18-3-4-18)10-19(25-26)17-1-2-17/h10,14-18H,1-9,11-13H2,(H2,23,24,27). The molecule has 0 spiro atoms. The van der Waals surface area contributed by atoms with E-state index >= 15 is 0 Å². The summed E-state index contributed by atoms with van der Waals surface area (Å²) < 4.78 is 2.18. The molecule has 6 fully saturated rings. The van der Waals surface area contributed by atoms with Gasteiger partial charge >= 0.3 is 6.03 Å². The van der Waals surface area contributed by atoms with Gasteiger partial charge in [-0.25, -0.2) is 4.79 Å². The zero-order valence-corrected chi connectivity index (χ0v) is 16.3. The predicted molar refractivity (Wildman–Crippen MR) is 104 cm³/mol. The molecule has 0 atom stereocenters. The Bertz CT molecular complexity index is 710. The van der Waals surface area contributed by atoms with Crippen LogP contribution in [0.3, 0.4) is 0 Å². The Morgan fingerprint density at radius 2 is 1.67 bits per heavy atom. The van der Waals surface area contributed by atoms with Gasteiger partial charge in [0, 0.05) is 29.6 Å². The minimum Gasteiger partial charge on any atom is -0.336 e. The van der Waals surface area contributed by atoms with Crippen LogP contribution in [0.15, 0.2) is 6.07 Å². The van der Waals surface area contributed by atoms with E-state index in [4.69, 9.17) is 5.10 Å². The summed E-state index contributed by atoms with van der Waals surface area (Å²) in [6.07, 6.45) is 13.1. The lowest BCUT2D eigenvalue weighted by Gasteiger charge is -2.56. The first kappa shape index (κ1) is 16.4. The number of aromatic nitrogens is 2. The number of hydrogen-bond donors (Lipinski definition) is 2. The van der Waals surface area contributed by atoms with Crippen molar-refractivity contribution in [3.63, 3.8) is 0 Å². The molecule has 0 aliphatic heterocycles. The molecule has 6 aliphatic rings. The van der Waals surface area contributed by atoms with Crippen molar-refractivity contribution in [1.29, 1.82) is 0 Å². The zero-order valence-electron chi connectivity index (χ0n) is 16.3. The van der Waals surface area contributed by atoms with Gasteiger partial charge in [-0.05, 0) is 88.0 Å². The van der Waals surface area contributed by atoms with Gasteiger partial charge in [-0.2, -0.15) is 5.10 Å². The number of hydrogen-bond acceptors (Lipinski definition) is 2. The van der Waals surface area contributed by atoms with Gasteiger partial charge in [0.25, 0.3) is 0 Å². The molecular weight excluding hydrogens is 336 g/mol. The van der Waals surface area contributed by atoms with E-state index in [2.05, 4.69) is 21.4 Å². The summed E-state index contributed by atoms with van der Waals surface area (Å²) in [6, 6.07) is 2.38. The van der Waals surface area contributed by atoms with E-state index in [0.29, 0.717) is 18.4 Å². The first-order chi connectivity index (χ1) is 13.2. The summed E-state index contributed by atoms with van der Waals surface area (Å²) in [6.45, 7) is 1.47. The van der Waals surface area contributed by atoms with Crippen LogP contribution in [0.4, 0.5) is 4.79 Å². The van der Waals surface area contributed by atoms with E-state index in [-0.39, 0.29) is 11.6 Å². The largest absolute Gasteiger partial charge is 0.336 e. The highest BCUT2D eigenvalue weighted by molar-refractivity contribution is 5.74. The first-order valence-corrected chi connectivity index (χ1v) is 11.3. The van der Waals surface area contributed by atoms with E-state index in [1.54, 1.807) is 0 Å². The van der Waals surface area contributed by atoms with Crippen molar-refractivity contribution in [2.24, 2.45) is 17.8 Å². The molecule has 2 amide bonds. The highest BCUT2D eigenvalue weighted by Crippen LogP contribution is 2.55. The highest BCUT2D eigenvalue weighted by Gasteiger charge is 2.51. The van der Waals surface area contributed by atoms with Gasteiger partial charge in [-0.15, -0.1) is 0 Å². The number of rotatable bonds is 6. The van der Waals surface area contributed by atoms with Crippen molar-refractivity contribution >= 4 is 6.03 Å². The number of urea groups is 1. The molecule has 5 heteroatoms. The lowest BCUT2D eigenvalue weighted by Crippen LogP contribution is -2.61. The zero-order chi connectivity index (χ0) is 18.0. The number of nitrogens with zero attached hydrogens (tertiary/aromatic N) is 2. The third-order valence-corrected chi connectivity index (χ3v) is 7.85. The minimum atomic E-state index is 0.0412. The fourth-order valence-corrected chi connectivity index (χ4v) is 6.74. The summed E-state index contributed by atoms with van der Waals surface area (Å²) in [5, 5.41) is 11.4. The summed E-state index contributed by atoms with van der Waals surface area (Å²) in [5.41, 5.74) is 2.79. The van der Waals surface area contributed by atoms with Crippen molar-refractivity contribution in [2.45, 2.75) is 88.1 Å². The lowest BCUT2D eigenvalue weighted by atomic mass is 9.53. The number of nitrogens with one attached hydrogen (secondary N) is 2. The number of carbonyl (C=O) groups excluding carboxylic acids is 1. The maximum absolute atomic E-state index is 12.6. The second kappa shape index (κ2) is 5.99. The molecule has 1 heterocycles. The third-order valence-electron chi connectivity index (χ3n) is 7.85. The summed E-state index contributed by atoms with van der Waals surface area (Å²) in [7, 11) is 0. The highest BCUT2D eigenvalue weighted by atomic mass is 16.2. The molecular formula is C22H32N4O. The molecule has 0 saturated heterocycles. The van der Waals surface area contributed by atoms with Crippen molar-refractivity contribution in [3.05, 3.63) is 17.5 Å². The Kier molecular flexibility index (Phi) is 3.64. The van der Waals surface area contributed by atoms with Crippen molar-refractivity contribution < 1.29 is 4.79 Å². The molecule has 1 aromatic heterocycles. The van der Waals surface area contributed by atoms with Crippen LogP contribution in [0.1, 0.15) is 87.4 Å². The smallest absolute Gasteiger partial charge is 0.315 e. The molecule has 4 bridgehead atoms. The summed E-state index contributed by atoms with van der Waals surface area (Å²) >= 11 is 0. The fraction of sp³-hybridized carbons (Fsp3) is 0.818. The van der Waals surface area contributed by atoms with Crippen LogP contribution in [0.25, 0.3) is 0 Å². The molecule has 0 unspecified atom stereocenters. The summed E-state index contributed by atoms with van der Waals surface area (Å²) in [4.78, 5) is 12.6. The molecule has 6 aliphatic carbocycles. The average molecular weight is 369 g/mol. The lowest BCUT2D eigenvalue weighted by molar-refractivity contribution is -0.0135. The molecule has 146 valence electrons. The quantitative estimate of drug-likeness (QED) is 0.800. The van der Waals surface area contributed by atoms with Gasteiger partial charge in [-0.1, -0.05) is 0 Å². The van der Waals surface area contributed by atoms with Gasteiger partial charge in [0.15, 0.2) is 0 Å². The van der Waals surface area contributed by atoms with Crippen molar-refractivity contribution in [3.8, 4) is 0 Å². The fourth-order valence-electron chi connectivity index (χ4n) is 6.74. The van der Waals surface area contributed by atoms with Crippen molar-refractivity contribution in [1.82, 2.24) is 20.4 Å². The van der Waals surface area contributed by atoms with E-state index in [1.807, 2.05) is 0 Å². The number of amides is 2. The molecule has 5 nitrogen and oxygen atoms in total. The second-order valence-corrected chi connectivity index (χ2v) is 10.3. The van der Waals surface area contributed by atoms with E-state index < -0.39 is 0 Å². The number of carbonyl (C=O) groups is 1. The molecule has 7 rings (SSSR count). The Labute approximate surface area is 161 Å². The SMILES string of the molecule is O=C(NCCn1nc(C2CC2)cc1C1CC1)NC12CC3CC(CC(C3)C1)C2. The van der Waals surface area contributed by atoms with Crippen LogP contribution in [0, 0.1) is 17.8 Å². The first-order valence-electron chi connectivity index (χ1n) is 11.3. The van der Waals surface area contributed by atoms with Crippen LogP contribution in [-0.4, -0.2) is 27.9 Å². The Morgan fingerprint density at radius 3 is 2.26 bits per heavy atom. The van der Waals surface area contributed by atoms with Gasteiger partial charge in [-0.3, -0.25) is 4.68 Å². The average Bonchev–Trinajstić information content (AvgIpc) is 3.52. The van der Waals surface area contributed by atoms with E-state index in [1.165, 1.54) is 75.6 Å². The van der Waals surface area contributed by atoms with Gasteiger partial charge in [0.05, 0.1) is 12.2 Å². The Hall–Kier alpha value is -1.52. The van der Waals surface area contributed by atoms with Gasteiger partial charge in [0.1, 0.15) is 0 Å². The Balaban J connectivity index is 1.05. The van der Waals surface area contributed by atoms with Crippen LogP contribution >= 0.6 is 0 Å². The molecule has 27 heavy (non-hydrogen) atoms. The maximum Gasteiger partial charge on any atom is 0.315 e. The predicted octanol–water partition coefficient (Wildman–Crippen LogP) is 3.91. The molecule has 0 radical (unpaired) electrons. The van der Waals surface area contributed by atoms with Crippen LogP contribution < -0.4 is 10.6 Å². The maximum atomic E-state index is 12.6. The molecule has 2 N–H and O–H groups in total. The Morgan fingerprint density at radius 1 is 1.04 bits per heavy atom. The molecule has 0 aromatic carbocycles. The van der Waals surface area contributed by atoms with Gasteiger partial charge in [0.2, 0.25) is 0 Å². The van der Waals surface area contributed by atoms with Crippen LogP contribution in [0.5, 0.6) is 0 Å². The van der Waals surface area contributed by atoms with Crippen molar-refractivity contribution in [2.75, 3.05) is 6.54 Å². The van der Waals surface area contributed by atoms with Crippen LogP contribution in [-0.2, 0) is 6.54 Å². The van der Waals surface area contributed by atoms with E-state index in [9.17, 15) is 4.79 Å². The van der Waals surface area contributed by atoms with Crippen LogP contribution in [0.2, 0.25) is 0 Å². The molecule has 6 saturated carbocycles. The van der Waals surface area contributed by atoms with E-state index in [0.717, 1.165) is 24.3 Å². The monoisotopic (exact) mass is 368 g/mol. The second-order valence-electron chi connectivity index (χ2n) is 10.3. The third kappa shape index (κ3) is 3.17.